The van der Waals surface area contributed by atoms with Crippen LogP contribution in [0.2, 0.25) is 0 Å². The molecular weight excluding hydrogens is 317 g/mol. The van der Waals surface area contributed by atoms with Crippen molar-refractivity contribution in [1.29, 1.82) is 0 Å². The third-order valence-electron chi connectivity index (χ3n) is 2.92. The molecule has 0 amide bonds. The predicted molar refractivity (Wildman–Crippen MR) is 75.2 cm³/mol. The lowest BCUT2D eigenvalue weighted by atomic mass is 10.1. The molecule has 0 aliphatic heterocycles. The van der Waals surface area contributed by atoms with Gasteiger partial charge in [-0.3, -0.25) is 0 Å². The van der Waals surface area contributed by atoms with E-state index in [9.17, 15) is 22.0 Å². The van der Waals surface area contributed by atoms with Crippen LogP contribution in [0.25, 0.3) is 0 Å². The third kappa shape index (κ3) is 5.05. The molecule has 0 atom stereocenters. The third-order valence-corrected chi connectivity index (χ3v) is 2.92. The van der Waals surface area contributed by atoms with E-state index in [1.807, 2.05) is 0 Å². The van der Waals surface area contributed by atoms with Crippen LogP contribution in [0.3, 0.4) is 0 Å². The Morgan fingerprint density at radius 1 is 1.04 bits per heavy atom. The Balaban J connectivity index is 1.96. The van der Waals surface area contributed by atoms with E-state index in [4.69, 9.17) is 4.84 Å². The van der Waals surface area contributed by atoms with Crippen molar-refractivity contribution in [2.24, 2.45) is 5.16 Å². The molecule has 0 aliphatic carbocycles. The lowest BCUT2D eigenvalue weighted by molar-refractivity contribution is -0.137. The zero-order chi connectivity index (χ0) is 16.9. The summed E-state index contributed by atoms with van der Waals surface area (Å²) in [5.41, 5.74) is -0.204. The molecule has 0 radical (unpaired) electrons. The monoisotopic (exact) mass is 329 g/mol. The molecular formula is C16H12F5NO. The van der Waals surface area contributed by atoms with Crippen molar-refractivity contribution in [3.05, 3.63) is 70.8 Å². The van der Waals surface area contributed by atoms with Crippen molar-refractivity contribution < 1.29 is 26.8 Å². The van der Waals surface area contributed by atoms with Crippen LogP contribution >= 0.6 is 0 Å². The largest absolute Gasteiger partial charge is 0.416 e. The molecule has 2 aromatic rings. The van der Waals surface area contributed by atoms with Gasteiger partial charge in [-0.25, -0.2) is 8.78 Å². The van der Waals surface area contributed by atoms with Crippen LogP contribution in [0.5, 0.6) is 0 Å². The van der Waals surface area contributed by atoms with Gasteiger partial charge in [-0.1, -0.05) is 35.5 Å². The minimum atomic E-state index is -4.42. The van der Waals surface area contributed by atoms with Gasteiger partial charge in [0.1, 0.15) is 6.61 Å². The Hall–Kier alpha value is -2.44. The molecule has 0 fully saturated rings. The zero-order valence-electron chi connectivity index (χ0n) is 11.7. The van der Waals surface area contributed by atoms with Crippen LogP contribution in [0.15, 0.2) is 53.7 Å². The minimum Gasteiger partial charge on any atom is -0.391 e. The maximum absolute atomic E-state index is 12.5. The molecule has 7 heteroatoms. The van der Waals surface area contributed by atoms with E-state index in [1.165, 1.54) is 36.5 Å². The molecule has 0 aliphatic rings. The average Bonchev–Trinajstić information content (AvgIpc) is 2.51. The van der Waals surface area contributed by atoms with E-state index in [0.717, 1.165) is 12.1 Å². The normalized spacial score (nSPS) is 12.1. The van der Waals surface area contributed by atoms with Crippen LogP contribution in [0, 0.1) is 0 Å². The van der Waals surface area contributed by atoms with Crippen molar-refractivity contribution in [3.8, 4) is 0 Å². The second-order valence-electron chi connectivity index (χ2n) is 4.68. The van der Waals surface area contributed by atoms with E-state index in [-0.39, 0.29) is 12.2 Å². The number of hydrogen-bond donors (Lipinski definition) is 0. The van der Waals surface area contributed by atoms with Gasteiger partial charge in [0.25, 0.3) is 6.43 Å². The Kier molecular flexibility index (Phi) is 5.31. The van der Waals surface area contributed by atoms with Gasteiger partial charge in [-0.2, -0.15) is 13.2 Å². The van der Waals surface area contributed by atoms with Gasteiger partial charge >= 0.3 is 6.18 Å². The maximum Gasteiger partial charge on any atom is 0.416 e. The molecule has 2 aromatic carbocycles. The fourth-order valence-corrected chi connectivity index (χ4v) is 1.82. The summed E-state index contributed by atoms with van der Waals surface area (Å²) >= 11 is 0. The van der Waals surface area contributed by atoms with Crippen molar-refractivity contribution >= 4 is 6.21 Å². The molecule has 0 saturated carbocycles. The number of alkyl halides is 5. The van der Waals surface area contributed by atoms with Gasteiger partial charge in [-0.05, 0) is 29.3 Å². The second kappa shape index (κ2) is 7.21. The Morgan fingerprint density at radius 2 is 1.78 bits per heavy atom. The fourth-order valence-electron chi connectivity index (χ4n) is 1.82. The number of oxime groups is 1. The number of rotatable bonds is 5. The van der Waals surface area contributed by atoms with Crippen molar-refractivity contribution in [1.82, 2.24) is 0 Å². The van der Waals surface area contributed by atoms with Crippen LogP contribution in [-0.4, -0.2) is 6.21 Å². The number of benzene rings is 2. The van der Waals surface area contributed by atoms with Gasteiger partial charge in [0.15, 0.2) is 0 Å². The molecule has 0 aromatic heterocycles. The highest BCUT2D eigenvalue weighted by Gasteiger charge is 2.30. The highest BCUT2D eigenvalue weighted by Crippen LogP contribution is 2.29. The van der Waals surface area contributed by atoms with Gasteiger partial charge in [-0.15, -0.1) is 0 Å². The standard InChI is InChI=1S/C16H12F5NO/c17-15(18)13-5-1-3-11(7-13)9-22-23-10-12-4-2-6-14(8-12)16(19,20)21/h1-9,15H,10H2. The maximum atomic E-state index is 12.5. The van der Waals surface area contributed by atoms with E-state index < -0.39 is 18.2 Å². The molecule has 0 unspecified atom stereocenters. The number of nitrogens with zero attached hydrogens (tertiary/aromatic N) is 1. The Bertz CT molecular complexity index is 682. The van der Waals surface area contributed by atoms with Crippen LogP contribution in [0.4, 0.5) is 22.0 Å². The van der Waals surface area contributed by atoms with E-state index in [1.54, 1.807) is 6.07 Å². The predicted octanol–water partition coefficient (Wildman–Crippen LogP) is 5.19. The van der Waals surface area contributed by atoms with Crippen molar-refractivity contribution in [2.75, 3.05) is 0 Å². The highest BCUT2D eigenvalue weighted by atomic mass is 19.4. The summed E-state index contributed by atoms with van der Waals surface area (Å²) in [4.78, 5) is 4.91. The van der Waals surface area contributed by atoms with Crippen LogP contribution in [0.1, 0.15) is 28.7 Å². The fraction of sp³-hybridized carbons (Fsp3) is 0.188. The molecule has 0 heterocycles. The molecule has 23 heavy (non-hydrogen) atoms. The Labute approximate surface area is 129 Å². The lowest BCUT2D eigenvalue weighted by Gasteiger charge is -2.07. The summed E-state index contributed by atoms with van der Waals surface area (Å²) in [7, 11) is 0. The first-order chi connectivity index (χ1) is 10.9. The first-order valence-electron chi connectivity index (χ1n) is 6.56. The smallest absolute Gasteiger partial charge is 0.391 e. The quantitative estimate of drug-likeness (QED) is 0.420. The highest BCUT2D eigenvalue weighted by molar-refractivity contribution is 5.79. The second-order valence-corrected chi connectivity index (χ2v) is 4.68. The molecule has 2 rings (SSSR count). The molecule has 2 nitrogen and oxygen atoms in total. The Morgan fingerprint density at radius 3 is 2.48 bits per heavy atom. The van der Waals surface area contributed by atoms with Gasteiger partial charge < -0.3 is 4.84 Å². The van der Waals surface area contributed by atoms with Crippen molar-refractivity contribution in [3.63, 3.8) is 0 Å². The van der Waals surface area contributed by atoms with Crippen LogP contribution in [-0.2, 0) is 17.6 Å². The topological polar surface area (TPSA) is 21.6 Å². The number of hydrogen-bond acceptors (Lipinski definition) is 2. The average molecular weight is 329 g/mol. The minimum absolute atomic E-state index is 0.146. The van der Waals surface area contributed by atoms with Gasteiger partial charge in [0, 0.05) is 5.56 Å². The zero-order valence-corrected chi connectivity index (χ0v) is 11.7. The summed E-state index contributed by atoms with van der Waals surface area (Å²) < 4.78 is 62.7. The van der Waals surface area contributed by atoms with E-state index in [0.29, 0.717) is 11.1 Å². The van der Waals surface area contributed by atoms with E-state index >= 15 is 0 Å². The lowest BCUT2D eigenvalue weighted by Crippen LogP contribution is -2.05. The molecule has 0 spiro atoms. The number of halogens is 5. The van der Waals surface area contributed by atoms with Gasteiger partial charge in [0.05, 0.1) is 11.8 Å². The first kappa shape index (κ1) is 16.9. The van der Waals surface area contributed by atoms with Gasteiger partial charge in [0.2, 0.25) is 0 Å². The molecule has 122 valence electrons. The summed E-state index contributed by atoms with van der Waals surface area (Å²) in [6, 6.07) is 10.2. The van der Waals surface area contributed by atoms with Crippen molar-refractivity contribution in [2.45, 2.75) is 19.2 Å². The molecule has 0 bridgehead atoms. The van der Waals surface area contributed by atoms with E-state index in [2.05, 4.69) is 5.16 Å². The summed E-state index contributed by atoms with van der Waals surface area (Å²) in [5, 5.41) is 3.58. The SMILES string of the molecule is FC(F)c1cccc(C=NOCc2cccc(C(F)(F)F)c2)c1. The first-order valence-corrected chi connectivity index (χ1v) is 6.56. The molecule has 0 N–H and O–H groups in total. The molecule has 0 saturated heterocycles. The van der Waals surface area contributed by atoms with Crippen LogP contribution < -0.4 is 0 Å². The summed E-state index contributed by atoms with van der Waals surface area (Å²) in [6.07, 6.45) is -5.79. The summed E-state index contributed by atoms with van der Waals surface area (Å²) in [6.45, 7) is -0.158. The summed E-state index contributed by atoms with van der Waals surface area (Å²) in [5.74, 6) is 0.